The number of hydrogen-bond donors (Lipinski definition) is 2. The summed E-state index contributed by atoms with van der Waals surface area (Å²) in [5, 5.41) is 6.10. The summed E-state index contributed by atoms with van der Waals surface area (Å²) in [6.45, 7) is 1.98. The molecule has 140 valence electrons. The van der Waals surface area contributed by atoms with Crippen LogP contribution in [0.5, 0.6) is 0 Å². The molecule has 1 aromatic rings. The lowest BCUT2D eigenvalue weighted by molar-refractivity contribution is -0.134. The van der Waals surface area contributed by atoms with Crippen molar-refractivity contribution in [3.63, 3.8) is 0 Å². The Kier molecular flexibility index (Phi) is 5.51. The topological polar surface area (TPSA) is 78.5 Å². The van der Waals surface area contributed by atoms with Gasteiger partial charge in [0.15, 0.2) is 0 Å². The monoisotopic (exact) mass is 377 g/mol. The summed E-state index contributed by atoms with van der Waals surface area (Å²) in [6.07, 6.45) is 5.91. The first-order valence-corrected chi connectivity index (χ1v) is 9.45. The van der Waals surface area contributed by atoms with E-state index in [1.54, 1.807) is 31.2 Å². The molecule has 0 unspecified atom stereocenters. The maximum Gasteiger partial charge on any atom is 0.325 e. The van der Waals surface area contributed by atoms with E-state index in [9.17, 15) is 14.4 Å². The van der Waals surface area contributed by atoms with Gasteiger partial charge in [-0.2, -0.15) is 0 Å². The van der Waals surface area contributed by atoms with Crippen molar-refractivity contribution in [3.8, 4) is 0 Å². The zero-order valence-corrected chi connectivity index (χ0v) is 15.6. The molecule has 1 saturated carbocycles. The Labute approximate surface area is 158 Å². The zero-order valence-electron chi connectivity index (χ0n) is 14.9. The van der Waals surface area contributed by atoms with Gasteiger partial charge in [-0.1, -0.05) is 43.0 Å². The number of carbonyl (C=O) groups is 3. The van der Waals surface area contributed by atoms with Crippen LogP contribution in [-0.2, 0) is 15.1 Å². The first-order valence-electron chi connectivity index (χ1n) is 9.07. The van der Waals surface area contributed by atoms with Crippen molar-refractivity contribution in [2.45, 2.75) is 44.6 Å². The van der Waals surface area contributed by atoms with Crippen LogP contribution in [0.4, 0.5) is 4.79 Å². The van der Waals surface area contributed by atoms with Gasteiger partial charge in [0.2, 0.25) is 5.91 Å². The van der Waals surface area contributed by atoms with Crippen LogP contribution in [0.1, 0.15) is 44.6 Å². The van der Waals surface area contributed by atoms with Gasteiger partial charge in [-0.25, -0.2) is 4.79 Å². The predicted octanol–water partition coefficient (Wildman–Crippen LogP) is 2.80. The summed E-state index contributed by atoms with van der Waals surface area (Å²) in [6, 6.07) is 6.18. The normalized spacial score (nSPS) is 23.8. The number of rotatable bonds is 5. The molecule has 0 bridgehead atoms. The molecule has 1 saturated heterocycles. The van der Waals surface area contributed by atoms with Crippen LogP contribution >= 0.6 is 11.6 Å². The fraction of sp³-hybridized carbons (Fsp3) is 0.526. The van der Waals surface area contributed by atoms with E-state index in [0.717, 1.165) is 17.7 Å². The molecule has 0 radical (unpaired) electrons. The summed E-state index contributed by atoms with van der Waals surface area (Å²) in [4.78, 5) is 38.3. The second-order valence-corrected chi connectivity index (χ2v) is 7.70. The van der Waals surface area contributed by atoms with Gasteiger partial charge in [-0.05, 0) is 43.4 Å². The van der Waals surface area contributed by atoms with Gasteiger partial charge in [-0.3, -0.25) is 14.5 Å². The molecule has 3 rings (SSSR count). The molecule has 1 aliphatic heterocycles. The first kappa shape index (κ1) is 18.7. The summed E-state index contributed by atoms with van der Waals surface area (Å²) in [5.41, 5.74) is -0.559. The van der Waals surface area contributed by atoms with Gasteiger partial charge in [0.25, 0.3) is 5.91 Å². The quantitative estimate of drug-likeness (QED) is 0.774. The fourth-order valence-electron chi connectivity index (χ4n) is 3.67. The van der Waals surface area contributed by atoms with Crippen molar-refractivity contribution in [2.24, 2.45) is 5.92 Å². The molecular formula is C19H24ClN3O3. The molecule has 2 aliphatic rings. The van der Waals surface area contributed by atoms with Crippen LogP contribution < -0.4 is 10.6 Å². The highest BCUT2D eigenvalue weighted by atomic mass is 35.5. The summed E-state index contributed by atoms with van der Waals surface area (Å²) < 4.78 is 0. The maximum atomic E-state index is 12.8. The largest absolute Gasteiger partial charge is 0.354 e. The zero-order chi connectivity index (χ0) is 18.7. The molecule has 0 aromatic heterocycles. The van der Waals surface area contributed by atoms with Gasteiger partial charge in [0.1, 0.15) is 12.1 Å². The lowest BCUT2D eigenvalue weighted by atomic mass is 9.89. The van der Waals surface area contributed by atoms with Gasteiger partial charge < -0.3 is 10.6 Å². The smallest absolute Gasteiger partial charge is 0.325 e. The van der Waals surface area contributed by atoms with E-state index in [-0.39, 0.29) is 12.5 Å². The minimum atomic E-state index is -1.19. The number of carbonyl (C=O) groups excluding carboxylic acids is 3. The highest BCUT2D eigenvalue weighted by Gasteiger charge is 2.49. The van der Waals surface area contributed by atoms with Crippen molar-refractivity contribution in [2.75, 3.05) is 13.1 Å². The number of benzene rings is 1. The van der Waals surface area contributed by atoms with Gasteiger partial charge in [0.05, 0.1) is 0 Å². The summed E-state index contributed by atoms with van der Waals surface area (Å²) >= 11 is 5.89. The standard InChI is InChI=1S/C19H24ClN3O3/c1-19(14-7-9-15(20)10-8-14)17(25)23(18(26)22-19)12-16(24)21-11-13-5-3-2-4-6-13/h7-10,13H,2-6,11-12H2,1H3,(H,21,24)(H,22,26)/t19-/m0/s1. The molecule has 26 heavy (non-hydrogen) atoms. The van der Waals surface area contributed by atoms with E-state index in [2.05, 4.69) is 10.6 Å². The third-order valence-corrected chi connectivity index (χ3v) is 5.56. The molecule has 1 aromatic carbocycles. The Morgan fingerprint density at radius 3 is 2.54 bits per heavy atom. The Bertz CT molecular complexity index is 700. The average molecular weight is 378 g/mol. The molecule has 1 atom stereocenters. The highest BCUT2D eigenvalue weighted by molar-refractivity contribution is 6.30. The molecule has 2 N–H and O–H groups in total. The third kappa shape index (κ3) is 3.85. The molecule has 1 heterocycles. The number of urea groups is 1. The maximum absolute atomic E-state index is 12.8. The second kappa shape index (κ2) is 7.66. The first-order chi connectivity index (χ1) is 12.4. The Balaban J connectivity index is 1.61. The fourth-order valence-corrected chi connectivity index (χ4v) is 3.79. The SMILES string of the molecule is C[C@@]1(c2ccc(Cl)cc2)NC(=O)N(CC(=O)NCC2CCCCC2)C1=O. The van der Waals surface area contributed by atoms with Crippen molar-refractivity contribution in [1.82, 2.24) is 15.5 Å². The number of nitrogens with zero attached hydrogens (tertiary/aromatic N) is 1. The highest BCUT2D eigenvalue weighted by Crippen LogP contribution is 2.29. The molecule has 7 heteroatoms. The minimum Gasteiger partial charge on any atom is -0.354 e. The van der Waals surface area contributed by atoms with Crippen LogP contribution in [-0.4, -0.2) is 35.8 Å². The van der Waals surface area contributed by atoms with E-state index in [1.165, 1.54) is 19.3 Å². The van der Waals surface area contributed by atoms with E-state index in [1.807, 2.05) is 0 Å². The van der Waals surface area contributed by atoms with E-state index in [4.69, 9.17) is 11.6 Å². The van der Waals surface area contributed by atoms with E-state index in [0.29, 0.717) is 23.0 Å². The average Bonchev–Trinajstić information content (AvgIpc) is 2.85. The molecule has 0 spiro atoms. The van der Waals surface area contributed by atoms with Crippen LogP contribution in [0.3, 0.4) is 0 Å². The molecule has 6 nitrogen and oxygen atoms in total. The van der Waals surface area contributed by atoms with Crippen molar-refractivity contribution >= 4 is 29.4 Å². The van der Waals surface area contributed by atoms with Crippen LogP contribution in [0, 0.1) is 5.92 Å². The van der Waals surface area contributed by atoms with Crippen molar-refractivity contribution in [3.05, 3.63) is 34.9 Å². The summed E-state index contributed by atoms with van der Waals surface area (Å²) in [7, 11) is 0. The van der Waals surface area contributed by atoms with Crippen LogP contribution in [0.15, 0.2) is 24.3 Å². The second-order valence-electron chi connectivity index (χ2n) is 7.26. The molecular weight excluding hydrogens is 354 g/mol. The summed E-state index contributed by atoms with van der Waals surface area (Å²) in [5.74, 6) is -0.243. The number of imide groups is 1. The number of hydrogen-bond acceptors (Lipinski definition) is 3. The van der Waals surface area contributed by atoms with Gasteiger partial charge in [-0.15, -0.1) is 0 Å². The number of amides is 4. The van der Waals surface area contributed by atoms with E-state index >= 15 is 0 Å². The minimum absolute atomic E-state index is 0.263. The lowest BCUT2D eigenvalue weighted by Gasteiger charge is -2.23. The predicted molar refractivity (Wildman–Crippen MR) is 98.6 cm³/mol. The Morgan fingerprint density at radius 2 is 1.88 bits per heavy atom. The molecule has 1 aliphatic carbocycles. The number of nitrogens with one attached hydrogen (secondary N) is 2. The van der Waals surface area contributed by atoms with Gasteiger partial charge >= 0.3 is 6.03 Å². The Hall–Kier alpha value is -2.08. The van der Waals surface area contributed by atoms with E-state index < -0.39 is 17.5 Å². The lowest BCUT2D eigenvalue weighted by Crippen LogP contribution is -2.44. The Morgan fingerprint density at radius 1 is 1.23 bits per heavy atom. The van der Waals surface area contributed by atoms with Gasteiger partial charge in [0, 0.05) is 11.6 Å². The van der Waals surface area contributed by atoms with Crippen molar-refractivity contribution in [1.29, 1.82) is 0 Å². The molecule has 4 amide bonds. The number of halogens is 1. The van der Waals surface area contributed by atoms with Crippen LogP contribution in [0.2, 0.25) is 5.02 Å². The van der Waals surface area contributed by atoms with Crippen LogP contribution in [0.25, 0.3) is 0 Å². The van der Waals surface area contributed by atoms with Crippen molar-refractivity contribution < 1.29 is 14.4 Å². The molecule has 2 fully saturated rings. The third-order valence-electron chi connectivity index (χ3n) is 5.31.